The van der Waals surface area contributed by atoms with Crippen LogP contribution in [0.15, 0.2) is 0 Å². The van der Waals surface area contributed by atoms with Crippen LogP contribution in [0.4, 0.5) is 0 Å². The molecular formula is C74H144O17P2. The molecule has 2 unspecified atom stereocenters. The Morgan fingerprint density at radius 3 is 0.731 bits per heavy atom. The van der Waals surface area contributed by atoms with Gasteiger partial charge in [-0.25, -0.2) is 9.13 Å². The number of aliphatic hydroxyl groups excluding tert-OH is 1. The maximum absolute atomic E-state index is 13.1. The third-order valence-corrected chi connectivity index (χ3v) is 19.1. The molecule has 0 aromatic rings. The fraction of sp³-hybridized carbons (Fsp3) is 0.946. The van der Waals surface area contributed by atoms with Crippen molar-refractivity contribution in [1.82, 2.24) is 0 Å². The van der Waals surface area contributed by atoms with Crippen molar-refractivity contribution in [1.29, 1.82) is 0 Å². The second-order valence-corrected chi connectivity index (χ2v) is 30.5. The molecule has 0 amide bonds. The van der Waals surface area contributed by atoms with Gasteiger partial charge in [-0.15, -0.1) is 0 Å². The molecule has 5 atom stereocenters. The van der Waals surface area contributed by atoms with Crippen molar-refractivity contribution in [2.24, 2.45) is 11.8 Å². The molecule has 0 fully saturated rings. The van der Waals surface area contributed by atoms with Crippen LogP contribution in [0.25, 0.3) is 0 Å². The van der Waals surface area contributed by atoms with E-state index in [2.05, 4.69) is 41.5 Å². The van der Waals surface area contributed by atoms with Crippen LogP contribution in [-0.4, -0.2) is 96.7 Å². The topological polar surface area (TPSA) is 237 Å². The lowest BCUT2D eigenvalue weighted by Gasteiger charge is -2.21. The second kappa shape index (κ2) is 66.0. The monoisotopic (exact) mass is 1370 g/mol. The molecule has 0 aliphatic heterocycles. The van der Waals surface area contributed by atoms with Crippen LogP contribution in [0.2, 0.25) is 0 Å². The first kappa shape index (κ1) is 91.1. The van der Waals surface area contributed by atoms with E-state index in [-0.39, 0.29) is 25.7 Å². The lowest BCUT2D eigenvalue weighted by atomic mass is 10.0. The third kappa shape index (κ3) is 68.4. The lowest BCUT2D eigenvalue weighted by Crippen LogP contribution is -2.30. The number of carbonyl (C=O) groups is 4. The minimum Gasteiger partial charge on any atom is -0.462 e. The zero-order chi connectivity index (χ0) is 68.6. The Labute approximate surface area is 568 Å². The third-order valence-electron chi connectivity index (χ3n) is 17.2. The number of phosphoric ester groups is 2. The summed E-state index contributed by atoms with van der Waals surface area (Å²) in [7, 11) is -9.90. The molecule has 0 aromatic carbocycles. The summed E-state index contributed by atoms with van der Waals surface area (Å²) in [5.41, 5.74) is 0. The minimum atomic E-state index is -4.95. The van der Waals surface area contributed by atoms with E-state index in [9.17, 15) is 43.2 Å². The molecule has 0 saturated heterocycles. The van der Waals surface area contributed by atoms with E-state index in [0.29, 0.717) is 25.7 Å². The molecule has 0 aliphatic carbocycles. The fourth-order valence-corrected chi connectivity index (χ4v) is 12.9. The average molecular weight is 1370 g/mol. The van der Waals surface area contributed by atoms with Crippen LogP contribution in [0, 0.1) is 11.8 Å². The lowest BCUT2D eigenvalue weighted by molar-refractivity contribution is -0.161. The average Bonchev–Trinajstić information content (AvgIpc) is 2.21. The van der Waals surface area contributed by atoms with Gasteiger partial charge in [-0.2, -0.15) is 0 Å². The van der Waals surface area contributed by atoms with Gasteiger partial charge in [0.05, 0.1) is 26.4 Å². The largest absolute Gasteiger partial charge is 0.472 e. The standard InChI is InChI=1S/C74H144O17P2/c1-7-9-11-13-15-17-18-19-20-21-22-29-34-40-46-52-58-73(78)91-70(63-85-72(77)57-51-45-39-33-28-24-23-26-31-36-42-48-54-66(3)4)65-89-93(82,83)87-61-68(75)60-86-92(80,81)88-64-69(62-84-71(76)56-50-44-38-16-14-12-10-8-2)90-74(79)59-53-47-41-35-30-25-27-32-37-43-49-55-67(5)6/h66-70,75H,7-65H2,1-6H3,(H,80,81)(H,82,83)/t68-,69+,70+/m0/s1. The molecule has 0 aliphatic rings. The minimum absolute atomic E-state index is 0.106. The SMILES string of the molecule is CCCCCCCCCCCCCCCCCCC(=O)O[C@H](COC(=O)CCCCCCCCCCCCCCC(C)C)COP(=O)(O)OC[C@@H](O)COP(=O)(O)OC[C@@H](COC(=O)CCCCCCCCCC)OC(=O)CCCCCCCCCCCCCC(C)C. The van der Waals surface area contributed by atoms with E-state index >= 15 is 0 Å². The van der Waals surface area contributed by atoms with E-state index < -0.39 is 97.5 Å². The Balaban J connectivity index is 5.22. The summed E-state index contributed by atoms with van der Waals surface area (Å²) < 4.78 is 68.4. The molecule has 0 bridgehead atoms. The van der Waals surface area contributed by atoms with E-state index in [4.69, 9.17) is 37.0 Å². The van der Waals surface area contributed by atoms with Gasteiger partial charge in [0.15, 0.2) is 12.2 Å². The number of hydrogen-bond acceptors (Lipinski definition) is 15. The number of hydrogen-bond donors (Lipinski definition) is 3. The first-order valence-corrected chi connectivity index (χ1v) is 41.5. The van der Waals surface area contributed by atoms with Gasteiger partial charge in [0, 0.05) is 25.7 Å². The maximum Gasteiger partial charge on any atom is 0.472 e. The molecule has 93 heavy (non-hydrogen) atoms. The molecular weight excluding hydrogens is 1220 g/mol. The first-order valence-electron chi connectivity index (χ1n) is 38.5. The van der Waals surface area contributed by atoms with Gasteiger partial charge in [-0.3, -0.25) is 37.3 Å². The molecule has 0 heterocycles. The highest BCUT2D eigenvalue weighted by atomic mass is 31.2. The number of carbonyl (C=O) groups excluding carboxylic acids is 4. The molecule has 552 valence electrons. The van der Waals surface area contributed by atoms with Crippen molar-refractivity contribution in [2.75, 3.05) is 39.6 Å². The van der Waals surface area contributed by atoms with Crippen LogP contribution in [0.1, 0.15) is 382 Å². The van der Waals surface area contributed by atoms with Crippen LogP contribution < -0.4 is 0 Å². The van der Waals surface area contributed by atoms with E-state index in [1.165, 1.54) is 193 Å². The Hall–Kier alpha value is -1.94. The zero-order valence-electron chi connectivity index (χ0n) is 60.6. The van der Waals surface area contributed by atoms with Crippen molar-refractivity contribution >= 4 is 39.5 Å². The summed E-state index contributed by atoms with van der Waals surface area (Å²) >= 11 is 0. The quantitative estimate of drug-likeness (QED) is 0.0222. The summed E-state index contributed by atoms with van der Waals surface area (Å²) in [4.78, 5) is 72.7. The van der Waals surface area contributed by atoms with Crippen molar-refractivity contribution < 1.29 is 80.2 Å². The van der Waals surface area contributed by atoms with Crippen molar-refractivity contribution in [3.05, 3.63) is 0 Å². The van der Waals surface area contributed by atoms with Gasteiger partial charge in [0.1, 0.15) is 19.3 Å². The predicted molar refractivity (Wildman–Crippen MR) is 377 cm³/mol. The molecule has 0 spiro atoms. The second-order valence-electron chi connectivity index (χ2n) is 27.6. The highest BCUT2D eigenvalue weighted by Crippen LogP contribution is 2.45. The smallest absolute Gasteiger partial charge is 0.462 e. The molecule has 19 heteroatoms. The maximum atomic E-state index is 13.1. The van der Waals surface area contributed by atoms with E-state index in [0.717, 1.165) is 108 Å². The highest BCUT2D eigenvalue weighted by Gasteiger charge is 2.30. The first-order chi connectivity index (χ1) is 44.9. The molecule has 3 N–H and O–H groups in total. The molecule has 0 saturated carbocycles. The van der Waals surface area contributed by atoms with Crippen LogP contribution in [0.5, 0.6) is 0 Å². The molecule has 0 aromatic heterocycles. The highest BCUT2D eigenvalue weighted by molar-refractivity contribution is 7.47. The van der Waals surface area contributed by atoms with Gasteiger partial charge in [-0.05, 0) is 37.5 Å². The predicted octanol–water partition coefficient (Wildman–Crippen LogP) is 21.6. The van der Waals surface area contributed by atoms with E-state index in [1.807, 2.05) is 0 Å². The van der Waals surface area contributed by atoms with Crippen molar-refractivity contribution in [3.8, 4) is 0 Å². The van der Waals surface area contributed by atoms with E-state index in [1.54, 1.807) is 0 Å². The van der Waals surface area contributed by atoms with Gasteiger partial charge in [0.2, 0.25) is 0 Å². The number of ether oxygens (including phenoxy) is 4. The Bertz CT molecular complexity index is 1800. The zero-order valence-corrected chi connectivity index (χ0v) is 62.3. The summed E-state index contributed by atoms with van der Waals surface area (Å²) in [6, 6.07) is 0. The van der Waals surface area contributed by atoms with Crippen LogP contribution in [0.3, 0.4) is 0 Å². The van der Waals surface area contributed by atoms with Crippen LogP contribution >= 0.6 is 15.6 Å². The van der Waals surface area contributed by atoms with Gasteiger partial charge < -0.3 is 33.8 Å². The number of esters is 4. The summed E-state index contributed by atoms with van der Waals surface area (Å²) in [6.45, 7) is 9.57. The number of rotatable bonds is 73. The van der Waals surface area contributed by atoms with Gasteiger partial charge in [0.25, 0.3) is 0 Å². The normalized spacial score (nSPS) is 14.1. The summed E-state index contributed by atoms with van der Waals surface area (Å²) in [6.07, 6.45) is 52.7. The van der Waals surface area contributed by atoms with Crippen LogP contribution in [-0.2, 0) is 65.4 Å². The van der Waals surface area contributed by atoms with Gasteiger partial charge in [-0.1, -0.05) is 330 Å². The number of phosphoric acid groups is 2. The number of unbranched alkanes of at least 4 members (excludes halogenated alkanes) is 43. The van der Waals surface area contributed by atoms with Crippen molar-refractivity contribution in [2.45, 2.75) is 400 Å². The molecule has 0 rings (SSSR count). The Morgan fingerprint density at radius 1 is 0.290 bits per heavy atom. The van der Waals surface area contributed by atoms with Gasteiger partial charge >= 0.3 is 39.5 Å². The number of aliphatic hydroxyl groups is 1. The summed E-state index contributed by atoms with van der Waals surface area (Å²) in [5.74, 6) is -0.572. The molecule has 17 nitrogen and oxygen atoms in total. The molecule has 0 radical (unpaired) electrons. The Kier molecular flexibility index (Phi) is 64.6. The Morgan fingerprint density at radius 2 is 0.495 bits per heavy atom. The van der Waals surface area contributed by atoms with Crippen molar-refractivity contribution in [3.63, 3.8) is 0 Å². The summed E-state index contributed by atoms with van der Waals surface area (Å²) in [5, 5.41) is 10.6. The fourth-order valence-electron chi connectivity index (χ4n) is 11.3.